The summed E-state index contributed by atoms with van der Waals surface area (Å²) in [4.78, 5) is 24.9. The molecule has 37 heavy (non-hydrogen) atoms. The van der Waals surface area contributed by atoms with Gasteiger partial charge in [-0.1, -0.05) is 18.5 Å². The summed E-state index contributed by atoms with van der Waals surface area (Å²) in [6.45, 7) is 5.89. The molecule has 1 N–H and O–H groups in total. The van der Waals surface area contributed by atoms with Gasteiger partial charge >= 0.3 is 5.97 Å². The molecule has 2 aromatic carbocycles. The Hall–Kier alpha value is -3.21. The zero-order valence-electron chi connectivity index (χ0n) is 20.7. The van der Waals surface area contributed by atoms with Crippen molar-refractivity contribution in [2.24, 2.45) is 0 Å². The van der Waals surface area contributed by atoms with E-state index >= 15 is 0 Å². The predicted octanol–water partition coefficient (Wildman–Crippen LogP) is 4.22. The lowest BCUT2D eigenvalue weighted by Crippen LogP contribution is -2.54. The van der Waals surface area contributed by atoms with Gasteiger partial charge < -0.3 is 19.5 Å². The molecule has 11 heteroatoms. The van der Waals surface area contributed by atoms with E-state index in [0.29, 0.717) is 41.5 Å². The van der Waals surface area contributed by atoms with Crippen LogP contribution < -0.4 is 14.8 Å². The number of esters is 1. The van der Waals surface area contributed by atoms with Crippen LogP contribution in [0.15, 0.2) is 36.7 Å². The molecule has 1 aromatic heterocycles. The number of methoxy groups -OCH3 is 1. The number of carbonyl (C=O) groups excluding carboxylic acids is 1. The van der Waals surface area contributed by atoms with Gasteiger partial charge in [0.2, 0.25) is 0 Å². The lowest BCUT2D eigenvalue weighted by Gasteiger charge is -2.40. The largest absolute Gasteiger partial charge is 0.493 e. The van der Waals surface area contributed by atoms with Crippen molar-refractivity contribution in [3.05, 3.63) is 47.5 Å². The van der Waals surface area contributed by atoms with Crippen LogP contribution in [0.2, 0.25) is 5.02 Å². The molecule has 3 heterocycles. The number of nitrogens with zero attached hydrogens (tertiary/aromatic N) is 4. The second-order valence-electron chi connectivity index (χ2n) is 9.09. The summed E-state index contributed by atoms with van der Waals surface area (Å²) in [6, 6.07) is 8.24. The molecule has 2 atom stereocenters. The minimum atomic E-state index is -0.489. The van der Waals surface area contributed by atoms with E-state index in [2.05, 4.69) is 32.0 Å². The van der Waals surface area contributed by atoms with Crippen LogP contribution in [-0.2, 0) is 9.53 Å². The zero-order chi connectivity index (χ0) is 25.9. The highest BCUT2D eigenvalue weighted by atomic mass is 35.5. The van der Waals surface area contributed by atoms with Crippen molar-refractivity contribution in [1.82, 2.24) is 19.8 Å². The summed E-state index contributed by atoms with van der Waals surface area (Å²) in [7, 11) is 1.60. The third kappa shape index (κ3) is 5.56. The Morgan fingerprint density at radius 1 is 1.19 bits per heavy atom. The Kier molecular flexibility index (Phi) is 7.59. The van der Waals surface area contributed by atoms with Crippen molar-refractivity contribution in [1.29, 1.82) is 0 Å². The van der Waals surface area contributed by atoms with E-state index in [-0.39, 0.29) is 23.3 Å². The Bertz CT molecular complexity index is 1290. The lowest BCUT2D eigenvalue weighted by molar-refractivity contribution is -0.137. The lowest BCUT2D eigenvalue weighted by atomic mass is 10.1. The maximum Gasteiger partial charge on any atom is 0.307 e. The van der Waals surface area contributed by atoms with E-state index in [1.165, 1.54) is 18.5 Å². The van der Waals surface area contributed by atoms with E-state index in [1.54, 1.807) is 13.2 Å². The first kappa shape index (κ1) is 25.4. The van der Waals surface area contributed by atoms with Crippen molar-refractivity contribution >= 4 is 40.0 Å². The van der Waals surface area contributed by atoms with Crippen LogP contribution >= 0.6 is 11.6 Å². The average molecular weight is 530 g/mol. The van der Waals surface area contributed by atoms with Gasteiger partial charge in [-0.05, 0) is 30.7 Å². The highest BCUT2D eigenvalue weighted by Gasteiger charge is 2.33. The summed E-state index contributed by atoms with van der Waals surface area (Å²) in [5.74, 6) is 1.08. The standard InChI is InChI=1S/C26H29ClFN5O4/c1-3-24(33-8-6-32(7-9-33)17-11-25(34)36-14-17)37-23-12-18-21(13-22(23)35-2)29-15-30-26(18)31-16-4-5-20(28)19(27)10-16/h4-5,10,12-13,15,17,24H,3,6-9,11,14H2,1-2H3,(H,29,30,31). The second-order valence-corrected chi connectivity index (χ2v) is 9.50. The monoisotopic (exact) mass is 529 g/mol. The Morgan fingerprint density at radius 2 is 2.00 bits per heavy atom. The van der Waals surface area contributed by atoms with E-state index in [1.807, 2.05) is 12.1 Å². The van der Waals surface area contributed by atoms with Crippen molar-refractivity contribution < 1.29 is 23.4 Å². The number of carbonyl (C=O) groups is 1. The molecule has 0 saturated carbocycles. The van der Waals surface area contributed by atoms with Gasteiger partial charge in [-0.3, -0.25) is 14.6 Å². The van der Waals surface area contributed by atoms with E-state index in [4.69, 9.17) is 25.8 Å². The zero-order valence-corrected chi connectivity index (χ0v) is 21.5. The molecule has 0 amide bonds. The number of benzene rings is 2. The summed E-state index contributed by atoms with van der Waals surface area (Å²) in [5, 5.41) is 3.94. The number of halogens is 2. The van der Waals surface area contributed by atoms with Gasteiger partial charge in [0.1, 0.15) is 24.6 Å². The molecular weight excluding hydrogens is 501 g/mol. The summed E-state index contributed by atoms with van der Waals surface area (Å²) in [6.07, 6.45) is 2.53. The molecule has 0 bridgehead atoms. The number of aromatic nitrogens is 2. The van der Waals surface area contributed by atoms with E-state index in [9.17, 15) is 9.18 Å². The highest BCUT2D eigenvalue weighted by Crippen LogP contribution is 2.36. The van der Waals surface area contributed by atoms with Gasteiger partial charge in [-0.2, -0.15) is 0 Å². The summed E-state index contributed by atoms with van der Waals surface area (Å²) in [5.41, 5.74) is 1.27. The van der Waals surface area contributed by atoms with Gasteiger partial charge in [0.25, 0.3) is 0 Å². The number of ether oxygens (including phenoxy) is 3. The van der Waals surface area contributed by atoms with Gasteiger partial charge in [0.15, 0.2) is 17.7 Å². The van der Waals surface area contributed by atoms with Crippen LogP contribution in [0.5, 0.6) is 11.5 Å². The van der Waals surface area contributed by atoms with E-state index in [0.717, 1.165) is 38.0 Å². The predicted molar refractivity (Wildman–Crippen MR) is 138 cm³/mol. The molecule has 9 nitrogen and oxygen atoms in total. The molecule has 2 saturated heterocycles. The summed E-state index contributed by atoms with van der Waals surface area (Å²) >= 11 is 5.95. The van der Waals surface area contributed by atoms with Gasteiger partial charge in [0, 0.05) is 43.3 Å². The maximum atomic E-state index is 13.6. The molecule has 0 aliphatic carbocycles. The SMILES string of the molecule is CCC(Oc1cc2c(Nc3ccc(F)c(Cl)c3)ncnc2cc1OC)N1CCN(C2COC(=O)C2)CC1. The van der Waals surface area contributed by atoms with Crippen LogP contribution in [0, 0.1) is 5.82 Å². The first-order chi connectivity index (χ1) is 17.9. The molecule has 0 spiro atoms. The molecule has 2 unspecified atom stereocenters. The quantitative estimate of drug-likeness (QED) is 0.431. The number of hydrogen-bond donors (Lipinski definition) is 1. The first-order valence-electron chi connectivity index (χ1n) is 12.3. The fourth-order valence-corrected chi connectivity index (χ4v) is 4.99. The van der Waals surface area contributed by atoms with Crippen LogP contribution in [0.3, 0.4) is 0 Å². The topological polar surface area (TPSA) is 89.1 Å². The highest BCUT2D eigenvalue weighted by molar-refractivity contribution is 6.31. The maximum absolute atomic E-state index is 13.6. The number of piperazine rings is 1. The van der Waals surface area contributed by atoms with Crippen molar-refractivity contribution in [2.45, 2.75) is 32.0 Å². The van der Waals surface area contributed by atoms with E-state index < -0.39 is 5.82 Å². The number of hydrogen-bond acceptors (Lipinski definition) is 9. The van der Waals surface area contributed by atoms with Crippen LogP contribution in [0.1, 0.15) is 19.8 Å². The fourth-order valence-electron chi connectivity index (χ4n) is 4.81. The minimum Gasteiger partial charge on any atom is -0.493 e. The Labute approximate surface area is 219 Å². The molecule has 196 valence electrons. The molecule has 2 aliphatic heterocycles. The normalized spacial score (nSPS) is 19.6. The molecule has 2 aliphatic rings. The van der Waals surface area contributed by atoms with Crippen molar-refractivity contribution in [3.63, 3.8) is 0 Å². The fraction of sp³-hybridized carbons (Fsp3) is 0.423. The average Bonchev–Trinajstić information content (AvgIpc) is 3.35. The first-order valence-corrected chi connectivity index (χ1v) is 12.7. The Balaban J connectivity index is 1.35. The number of fused-ring (bicyclic) bond motifs is 1. The Morgan fingerprint density at radius 3 is 2.68 bits per heavy atom. The molecule has 2 fully saturated rings. The van der Waals surface area contributed by atoms with Gasteiger partial charge in [-0.15, -0.1) is 0 Å². The molecule has 5 rings (SSSR count). The number of nitrogens with one attached hydrogen (secondary N) is 1. The summed E-state index contributed by atoms with van der Waals surface area (Å²) < 4.78 is 30.9. The van der Waals surface area contributed by atoms with Gasteiger partial charge in [0.05, 0.1) is 30.1 Å². The number of anilines is 2. The third-order valence-electron chi connectivity index (χ3n) is 6.83. The van der Waals surface area contributed by atoms with Gasteiger partial charge in [-0.25, -0.2) is 14.4 Å². The van der Waals surface area contributed by atoms with Crippen LogP contribution in [0.25, 0.3) is 10.9 Å². The molecule has 3 aromatic rings. The van der Waals surface area contributed by atoms with Crippen LogP contribution in [0.4, 0.5) is 15.9 Å². The third-order valence-corrected chi connectivity index (χ3v) is 7.12. The van der Waals surface area contributed by atoms with Crippen molar-refractivity contribution in [2.75, 3.05) is 45.2 Å². The molecular formula is C26H29ClFN5O4. The van der Waals surface area contributed by atoms with Crippen LogP contribution in [-0.4, -0.2) is 77.9 Å². The second kappa shape index (κ2) is 11.0. The molecule has 0 radical (unpaired) electrons. The minimum absolute atomic E-state index is 0.0204. The van der Waals surface area contributed by atoms with Crippen molar-refractivity contribution in [3.8, 4) is 11.5 Å². The number of cyclic esters (lactones) is 1. The number of rotatable bonds is 8. The smallest absolute Gasteiger partial charge is 0.307 e.